The van der Waals surface area contributed by atoms with E-state index in [4.69, 9.17) is 4.74 Å². The van der Waals surface area contributed by atoms with Crippen molar-refractivity contribution in [1.82, 2.24) is 9.47 Å². The lowest BCUT2D eigenvalue weighted by Crippen LogP contribution is -2.44. The average molecular weight is 537 g/mol. The molecule has 0 bridgehead atoms. The number of carboxylic acid groups (broad SMARTS) is 1. The normalized spacial score (nSPS) is 18.4. The molecular weight excluding hydrogens is 504 g/mol. The molecule has 0 spiro atoms. The highest BCUT2D eigenvalue weighted by molar-refractivity contribution is 7.12. The van der Waals surface area contributed by atoms with Crippen LogP contribution in [0.1, 0.15) is 52.2 Å². The molecule has 1 aromatic carbocycles. The highest BCUT2D eigenvalue weighted by Gasteiger charge is 2.48. The molecule has 6 nitrogen and oxygen atoms in total. The molecule has 0 radical (unpaired) electrons. The van der Waals surface area contributed by atoms with Crippen LogP contribution in [0.15, 0.2) is 65.5 Å². The second kappa shape index (κ2) is 11.3. The van der Waals surface area contributed by atoms with E-state index in [0.29, 0.717) is 11.6 Å². The van der Waals surface area contributed by atoms with Crippen molar-refractivity contribution in [2.45, 2.75) is 56.4 Å². The van der Waals surface area contributed by atoms with Crippen LogP contribution < -0.4 is 0 Å². The first-order valence-corrected chi connectivity index (χ1v) is 14.5. The van der Waals surface area contributed by atoms with Crippen molar-refractivity contribution < 1.29 is 19.4 Å². The Hall–Kier alpha value is -2.78. The van der Waals surface area contributed by atoms with Crippen LogP contribution in [0.2, 0.25) is 0 Å². The predicted molar refractivity (Wildman–Crippen MR) is 149 cm³/mol. The number of rotatable bonds is 11. The first kappa shape index (κ1) is 25.9. The molecule has 0 unspecified atom stereocenters. The van der Waals surface area contributed by atoms with E-state index >= 15 is 0 Å². The molecule has 0 saturated heterocycles. The van der Waals surface area contributed by atoms with Gasteiger partial charge in [-0.1, -0.05) is 12.1 Å². The Bertz CT molecular complexity index is 1290. The van der Waals surface area contributed by atoms with Gasteiger partial charge in [0.15, 0.2) is 0 Å². The minimum absolute atomic E-state index is 0.0903. The fourth-order valence-corrected chi connectivity index (χ4v) is 7.28. The number of hydrogen-bond donors (Lipinski definition) is 1. The van der Waals surface area contributed by atoms with Gasteiger partial charge >= 0.3 is 5.97 Å². The molecule has 3 heterocycles. The lowest BCUT2D eigenvalue weighted by atomic mass is 9.90. The van der Waals surface area contributed by atoms with Crippen LogP contribution in [0.5, 0.6) is 0 Å². The molecule has 1 aliphatic rings. The zero-order valence-corrected chi connectivity index (χ0v) is 22.5. The average Bonchev–Trinajstić information content (AvgIpc) is 3.70. The number of fused-ring (bicyclic) bond motifs is 1. The largest absolute Gasteiger partial charge is 0.479 e. The molecule has 1 fully saturated rings. The summed E-state index contributed by atoms with van der Waals surface area (Å²) < 4.78 is 8.78. The van der Waals surface area contributed by atoms with Crippen LogP contribution in [0.3, 0.4) is 0 Å². The maximum Gasteiger partial charge on any atom is 0.347 e. The van der Waals surface area contributed by atoms with Crippen molar-refractivity contribution >= 4 is 45.8 Å². The van der Waals surface area contributed by atoms with Gasteiger partial charge in [-0.25, -0.2) is 4.79 Å². The number of aryl methyl sites for hydroxylation is 1. The zero-order chi connectivity index (χ0) is 25.8. The molecule has 1 N–H and O–H groups in total. The van der Waals surface area contributed by atoms with Crippen molar-refractivity contribution in [1.29, 1.82) is 0 Å². The Morgan fingerprint density at radius 3 is 2.41 bits per heavy atom. The number of ether oxygens (including phenoxy) is 1. The van der Waals surface area contributed by atoms with Crippen LogP contribution in [0, 0.1) is 0 Å². The van der Waals surface area contributed by atoms with E-state index in [1.807, 2.05) is 53.2 Å². The summed E-state index contributed by atoms with van der Waals surface area (Å²) in [4.78, 5) is 27.6. The molecule has 194 valence electrons. The highest BCUT2D eigenvalue weighted by Crippen LogP contribution is 2.42. The molecule has 1 aliphatic carbocycles. The molecule has 0 aliphatic heterocycles. The zero-order valence-electron chi connectivity index (χ0n) is 20.9. The standard InChI is InChI=1S/C29H32N2O4S2/c1-30(14-4-15-31-16-13-22-19-21(20-32)7-12-25(22)31)23-8-10-24(11-9-23)35-29(28(33)34,26-5-2-17-36-26)27-6-3-18-37-27/h2-3,5-7,12-13,16-20,23-24H,4,8-11,14-15H2,1H3,(H,33,34)/t23-,24-. The Morgan fingerprint density at radius 1 is 1.11 bits per heavy atom. The fourth-order valence-electron chi connectivity index (χ4n) is 5.47. The molecule has 3 aromatic heterocycles. The number of thiophene rings is 2. The predicted octanol–water partition coefficient (Wildman–Crippen LogP) is 6.25. The van der Waals surface area contributed by atoms with Crippen LogP contribution >= 0.6 is 22.7 Å². The third-order valence-corrected chi connectivity index (χ3v) is 9.43. The van der Waals surface area contributed by atoms with Crippen LogP contribution in [0.25, 0.3) is 10.9 Å². The SMILES string of the molecule is CN(CCCn1ccc2cc(C=O)ccc21)[C@H]1CC[C@H](OC(C(=O)O)(c2cccs2)c2cccs2)CC1. The quantitative estimate of drug-likeness (QED) is 0.229. The van der Waals surface area contributed by atoms with Crippen LogP contribution in [0.4, 0.5) is 0 Å². The maximum atomic E-state index is 12.7. The van der Waals surface area contributed by atoms with Crippen LogP contribution in [-0.4, -0.2) is 52.6 Å². The van der Waals surface area contributed by atoms with Crippen LogP contribution in [-0.2, 0) is 21.7 Å². The number of carbonyl (C=O) groups excluding carboxylic acids is 1. The van der Waals surface area contributed by atoms with Gasteiger partial charge in [-0.05, 0) is 92.9 Å². The first-order valence-electron chi connectivity index (χ1n) is 12.7. The number of aromatic nitrogens is 1. The van der Waals surface area contributed by atoms with E-state index in [-0.39, 0.29) is 6.10 Å². The second-order valence-corrected chi connectivity index (χ2v) is 11.7. The van der Waals surface area contributed by atoms with Gasteiger partial charge in [0.1, 0.15) is 6.29 Å². The third kappa shape index (κ3) is 5.29. The topological polar surface area (TPSA) is 71.8 Å². The number of aldehydes is 1. The van der Waals surface area contributed by atoms with E-state index < -0.39 is 11.6 Å². The Balaban J connectivity index is 1.16. The van der Waals surface area contributed by atoms with Gasteiger partial charge < -0.3 is 19.3 Å². The van der Waals surface area contributed by atoms with E-state index in [0.717, 1.165) is 72.1 Å². The summed E-state index contributed by atoms with van der Waals surface area (Å²) >= 11 is 2.87. The maximum absolute atomic E-state index is 12.7. The molecule has 1 saturated carbocycles. The fraction of sp³-hybridized carbons (Fsp3) is 0.379. The smallest absolute Gasteiger partial charge is 0.347 e. The summed E-state index contributed by atoms with van der Waals surface area (Å²) in [6.45, 7) is 1.92. The van der Waals surface area contributed by atoms with Gasteiger partial charge in [-0.2, -0.15) is 0 Å². The molecule has 37 heavy (non-hydrogen) atoms. The minimum atomic E-state index is -1.43. The Morgan fingerprint density at radius 2 is 1.81 bits per heavy atom. The van der Waals surface area contributed by atoms with Gasteiger partial charge in [0.25, 0.3) is 0 Å². The van der Waals surface area contributed by atoms with Crippen molar-refractivity contribution in [2.75, 3.05) is 13.6 Å². The first-order chi connectivity index (χ1) is 18.0. The highest BCUT2D eigenvalue weighted by atomic mass is 32.1. The molecular formula is C29H32N2O4S2. The number of carbonyl (C=O) groups is 2. The summed E-state index contributed by atoms with van der Waals surface area (Å²) in [6.07, 6.45) is 7.61. The van der Waals surface area contributed by atoms with Gasteiger partial charge in [-0.15, -0.1) is 22.7 Å². The lowest BCUT2D eigenvalue weighted by molar-refractivity contribution is -0.170. The molecule has 8 heteroatoms. The van der Waals surface area contributed by atoms with E-state index in [2.05, 4.69) is 28.8 Å². The summed E-state index contributed by atoms with van der Waals surface area (Å²) in [6, 6.07) is 15.9. The second-order valence-electron chi connectivity index (χ2n) is 9.77. The molecule has 0 amide bonds. The summed E-state index contributed by atoms with van der Waals surface area (Å²) in [5.41, 5.74) is 0.429. The molecule has 0 atom stereocenters. The van der Waals surface area contributed by atoms with Crippen molar-refractivity contribution in [3.05, 3.63) is 80.8 Å². The number of benzene rings is 1. The summed E-state index contributed by atoms with van der Waals surface area (Å²) in [7, 11) is 2.19. The number of aliphatic carboxylic acids is 1. The van der Waals surface area contributed by atoms with E-state index in [1.165, 1.54) is 22.7 Å². The summed E-state index contributed by atoms with van der Waals surface area (Å²) in [5.74, 6) is -0.948. The molecule has 4 aromatic rings. The number of nitrogens with zero attached hydrogens (tertiary/aromatic N) is 2. The lowest BCUT2D eigenvalue weighted by Gasteiger charge is -2.38. The Labute approximate surface area is 225 Å². The summed E-state index contributed by atoms with van der Waals surface area (Å²) in [5, 5.41) is 15.3. The van der Waals surface area contributed by atoms with E-state index in [9.17, 15) is 14.7 Å². The van der Waals surface area contributed by atoms with Gasteiger partial charge in [0.05, 0.1) is 15.9 Å². The number of hydrogen-bond acceptors (Lipinski definition) is 6. The van der Waals surface area contributed by atoms with Crippen molar-refractivity contribution in [3.8, 4) is 0 Å². The minimum Gasteiger partial charge on any atom is -0.479 e. The van der Waals surface area contributed by atoms with Gasteiger partial charge in [0, 0.05) is 35.2 Å². The molecule has 5 rings (SSSR count). The van der Waals surface area contributed by atoms with Gasteiger partial charge in [0.2, 0.25) is 5.60 Å². The third-order valence-electron chi connectivity index (χ3n) is 7.49. The Kier molecular flexibility index (Phi) is 7.90. The monoisotopic (exact) mass is 536 g/mol. The van der Waals surface area contributed by atoms with Crippen molar-refractivity contribution in [3.63, 3.8) is 0 Å². The van der Waals surface area contributed by atoms with Crippen molar-refractivity contribution in [2.24, 2.45) is 0 Å². The number of carboxylic acids is 1. The van der Waals surface area contributed by atoms with Gasteiger partial charge in [-0.3, -0.25) is 4.79 Å². The van der Waals surface area contributed by atoms with E-state index in [1.54, 1.807) is 0 Å².